The number of imidazole rings is 1. The van der Waals surface area contributed by atoms with E-state index in [0.717, 1.165) is 11.0 Å². The number of aromatic amines is 1. The number of nitrogens with one attached hydrogen (secondary N) is 1. The lowest BCUT2D eigenvalue weighted by atomic mass is 10.1. The molecule has 4 rings (SSSR count). The Hall–Kier alpha value is -3.50. The lowest BCUT2D eigenvalue weighted by molar-refractivity contribution is -0.133. The molecule has 0 fully saturated rings. The van der Waals surface area contributed by atoms with E-state index in [1.165, 1.54) is 22.2 Å². The number of hydrogen-bond donors (Lipinski definition) is 1. The summed E-state index contributed by atoms with van der Waals surface area (Å²) in [4.78, 5) is 28.2. The van der Waals surface area contributed by atoms with Crippen LogP contribution in [0.1, 0.15) is 18.1 Å². The third kappa shape index (κ3) is 3.62. The number of rotatable bonds is 5. The molecule has 0 aliphatic rings. The van der Waals surface area contributed by atoms with Gasteiger partial charge in [-0.2, -0.15) is 5.26 Å². The molecule has 0 bridgehead atoms. The van der Waals surface area contributed by atoms with E-state index in [1.807, 2.05) is 30.3 Å². The Morgan fingerprint density at radius 2 is 1.93 bits per heavy atom. The molecule has 0 saturated heterocycles. The predicted molar refractivity (Wildman–Crippen MR) is 113 cm³/mol. The number of para-hydroxylation sites is 3. The molecule has 144 valence electrons. The number of ether oxygens (including phenoxy) is 1. The van der Waals surface area contributed by atoms with Crippen LogP contribution in [-0.2, 0) is 10.5 Å². The van der Waals surface area contributed by atoms with Gasteiger partial charge in [0.05, 0.1) is 16.6 Å². The van der Waals surface area contributed by atoms with Gasteiger partial charge in [0.1, 0.15) is 22.7 Å². The number of esters is 1. The van der Waals surface area contributed by atoms with Crippen LogP contribution in [0.3, 0.4) is 0 Å². The molecule has 0 amide bonds. The lowest BCUT2D eigenvalue weighted by Gasteiger charge is -2.12. The number of fused-ring (bicyclic) bond motifs is 3. The first kappa shape index (κ1) is 18.8. The highest BCUT2D eigenvalue weighted by atomic mass is 32.2. The second kappa shape index (κ2) is 7.86. The number of hydrogen-bond acceptors (Lipinski definition) is 5. The Labute approximate surface area is 170 Å². The number of carbonyl (C=O) groups is 1. The zero-order valence-electron chi connectivity index (χ0n) is 15.6. The topological polar surface area (TPSA) is 87.4 Å². The smallest absolute Gasteiger partial charge is 0.324 e. The third-order valence-electron chi connectivity index (χ3n) is 4.59. The summed E-state index contributed by atoms with van der Waals surface area (Å²) in [6, 6.07) is 19.9. The van der Waals surface area contributed by atoms with Crippen molar-refractivity contribution in [2.24, 2.45) is 0 Å². The van der Waals surface area contributed by atoms with Crippen LogP contribution in [0.4, 0.5) is 0 Å². The molecule has 0 radical (unpaired) electrons. The minimum atomic E-state index is -0.456. The maximum Gasteiger partial charge on any atom is 0.324 e. The number of thioether (sulfide) groups is 1. The maximum absolute atomic E-state index is 12.7. The second-order valence-corrected chi connectivity index (χ2v) is 7.84. The van der Waals surface area contributed by atoms with E-state index < -0.39 is 5.25 Å². The second-order valence-electron chi connectivity index (χ2n) is 6.51. The molecular formula is C22H17N3O3S. The van der Waals surface area contributed by atoms with Crippen molar-refractivity contribution in [3.63, 3.8) is 0 Å². The minimum Gasteiger partial charge on any atom is -0.426 e. The fourth-order valence-electron chi connectivity index (χ4n) is 3.13. The Morgan fingerprint density at radius 1 is 1.21 bits per heavy atom. The molecule has 1 atom stereocenters. The summed E-state index contributed by atoms with van der Waals surface area (Å²) in [6.07, 6.45) is 0. The van der Waals surface area contributed by atoms with Crippen molar-refractivity contribution in [3.05, 3.63) is 82.1 Å². The quantitative estimate of drug-likeness (QED) is 0.404. The standard InChI is InChI=1S/C22H17N3O3S/c1-14(22(27)28-16-7-3-2-4-8-16)29-13-15-11-20(26)25-19-10-6-5-9-18(19)24-21(25)17(15)12-23/h2-11,14,24H,13H2,1H3/t14-/m0/s1. The normalized spacial score (nSPS) is 12.0. The molecule has 2 aromatic heterocycles. The van der Waals surface area contributed by atoms with Gasteiger partial charge in [-0.3, -0.25) is 14.0 Å². The lowest BCUT2D eigenvalue weighted by Crippen LogP contribution is -2.20. The van der Waals surface area contributed by atoms with E-state index in [4.69, 9.17) is 4.74 Å². The molecule has 6 nitrogen and oxygen atoms in total. The highest BCUT2D eigenvalue weighted by Crippen LogP contribution is 2.25. The van der Waals surface area contributed by atoms with E-state index in [0.29, 0.717) is 28.3 Å². The van der Waals surface area contributed by atoms with E-state index in [9.17, 15) is 14.9 Å². The number of H-pyrrole nitrogens is 1. The van der Waals surface area contributed by atoms with Crippen molar-refractivity contribution < 1.29 is 9.53 Å². The van der Waals surface area contributed by atoms with Gasteiger partial charge in [-0.1, -0.05) is 30.3 Å². The molecule has 0 saturated carbocycles. The first-order chi connectivity index (χ1) is 14.1. The van der Waals surface area contributed by atoms with Crippen molar-refractivity contribution in [2.75, 3.05) is 0 Å². The van der Waals surface area contributed by atoms with Crippen LogP contribution in [0.5, 0.6) is 5.75 Å². The van der Waals surface area contributed by atoms with Gasteiger partial charge >= 0.3 is 5.97 Å². The van der Waals surface area contributed by atoms with Crippen LogP contribution in [0.15, 0.2) is 65.5 Å². The zero-order valence-corrected chi connectivity index (χ0v) is 16.4. The minimum absolute atomic E-state index is 0.216. The summed E-state index contributed by atoms with van der Waals surface area (Å²) in [6.45, 7) is 1.75. The number of nitriles is 1. The molecule has 4 aromatic rings. The van der Waals surface area contributed by atoms with Crippen molar-refractivity contribution in [2.45, 2.75) is 17.9 Å². The zero-order chi connectivity index (χ0) is 20.4. The summed E-state index contributed by atoms with van der Waals surface area (Å²) in [5.41, 5.74) is 2.75. The van der Waals surface area contributed by atoms with E-state index >= 15 is 0 Å². The van der Waals surface area contributed by atoms with E-state index in [1.54, 1.807) is 31.2 Å². The maximum atomic E-state index is 12.7. The van der Waals surface area contributed by atoms with Gasteiger partial charge in [0.25, 0.3) is 5.56 Å². The van der Waals surface area contributed by atoms with Gasteiger partial charge in [-0.15, -0.1) is 11.8 Å². The van der Waals surface area contributed by atoms with Crippen LogP contribution in [-0.4, -0.2) is 20.6 Å². The number of aromatic nitrogens is 2. The van der Waals surface area contributed by atoms with Gasteiger partial charge in [-0.05, 0) is 36.8 Å². The van der Waals surface area contributed by atoms with E-state index in [-0.39, 0.29) is 11.5 Å². The highest BCUT2D eigenvalue weighted by Gasteiger charge is 2.19. The predicted octanol–water partition coefficient (Wildman–Crippen LogP) is 3.88. The SMILES string of the molecule is C[C@H](SCc1cc(=O)n2c([nH]c3ccccc32)c1C#N)C(=O)Oc1ccccc1. The van der Waals surface area contributed by atoms with Crippen molar-refractivity contribution in [1.29, 1.82) is 5.26 Å². The fourth-order valence-corrected chi connectivity index (χ4v) is 3.97. The van der Waals surface area contributed by atoms with Gasteiger partial charge in [-0.25, -0.2) is 0 Å². The van der Waals surface area contributed by atoms with Gasteiger partial charge < -0.3 is 9.72 Å². The molecule has 29 heavy (non-hydrogen) atoms. The number of carbonyl (C=O) groups excluding carboxylic acids is 1. The molecule has 2 heterocycles. The summed E-state index contributed by atoms with van der Waals surface area (Å²) in [7, 11) is 0. The summed E-state index contributed by atoms with van der Waals surface area (Å²) >= 11 is 1.32. The Bertz CT molecular complexity index is 1300. The monoisotopic (exact) mass is 403 g/mol. The van der Waals surface area contributed by atoms with Crippen molar-refractivity contribution >= 4 is 34.4 Å². The molecule has 0 aliphatic carbocycles. The van der Waals surface area contributed by atoms with Crippen LogP contribution in [0, 0.1) is 11.3 Å². The largest absolute Gasteiger partial charge is 0.426 e. The Morgan fingerprint density at radius 3 is 2.69 bits per heavy atom. The summed E-state index contributed by atoms with van der Waals surface area (Å²) < 4.78 is 6.87. The first-order valence-corrected chi connectivity index (χ1v) is 10.1. The van der Waals surface area contributed by atoms with Crippen molar-refractivity contribution in [3.8, 4) is 11.8 Å². The molecular weight excluding hydrogens is 386 g/mol. The van der Waals surface area contributed by atoms with Gasteiger partial charge in [0.2, 0.25) is 0 Å². The van der Waals surface area contributed by atoms with Crippen LogP contribution >= 0.6 is 11.8 Å². The number of benzene rings is 2. The van der Waals surface area contributed by atoms with E-state index in [2.05, 4.69) is 11.1 Å². The highest BCUT2D eigenvalue weighted by molar-refractivity contribution is 7.99. The molecule has 0 unspecified atom stereocenters. The summed E-state index contributed by atoms with van der Waals surface area (Å²) in [5, 5.41) is 9.26. The Kier molecular flexibility index (Phi) is 5.10. The molecule has 0 aliphatic heterocycles. The van der Waals surface area contributed by atoms with Gasteiger partial charge in [0.15, 0.2) is 0 Å². The third-order valence-corrected chi connectivity index (χ3v) is 5.76. The average molecular weight is 403 g/mol. The molecule has 7 heteroatoms. The average Bonchev–Trinajstić information content (AvgIpc) is 3.12. The molecule has 1 N–H and O–H groups in total. The van der Waals surface area contributed by atoms with Gasteiger partial charge in [0, 0.05) is 11.8 Å². The van der Waals surface area contributed by atoms with Crippen LogP contribution in [0.25, 0.3) is 16.7 Å². The summed E-state index contributed by atoms with van der Waals surface area (Å²) in [5.74, 6) is 0.457. The first-order valence-electron chi connectivity index (χ1n) is 9.02. The number of pyridine rings is 1. The van der Waals surface area contributed by atoms with Crippen molar-refractivity contribution in [1.82, 2.24) is 9.38 Å². The molecule has 2 aromatic carbocycles. The Balaban J connectivity index is 1.59. The molecule has 0 spiro atoms. The van der Waals surface area contributed by atoms with Crippen LogP contribution in [0.2, 0.25) is 0 Å². The van der Waals surface area contributed by atoms with Crippen LogP contribution < -0.4 is 10.3 Å². The fraction of sp³-hybridized carbons (Fsp3) is 0.136. The number of nitrogens with zero attached hydrogens (tertiary/aromatic N) is 2.